The van der Waals surface area contributed by atoms with Crippen molar-refractivity contribution in [3.8, 4) is 11.1 Å². The molecule has 3 aromatic rings. The van der Waals surface area contributed by atoms with Crippen molar-refractivity contribution in [1.29, 1.82) is 0 Å². The molecule has 0 spiro atoms. The Balaban J connectivity index is 1.81. The lowest BCUT2D eigenvalue weighted by atomic mass is 9.81. The molecule has 1 aromatic heterocycles. The van der Waals surface area contributed by atoms with Gasteiger partial charge in [0.2, 0.25) is 5.91 Å². The normalized spacial score (nSPS) is 16.3. The van der Waals surface area contributed by atoms with Crippen LogP contribution in [0.25, 0.3) is 11.1 Å². The number of hydrogen-bond donors (Lipinski definition) is 0. The minimum absolute atomic E-state index is 0.00231. The van der Waals surface area contributed by atoms with Crippen molar-refractivity contribution in [3.63, 3.8) is 0 Å². The highest BCUT2D eigenvalue weighted by Gasteiger charge is 2.41. The van der Waals surface area contributed by atoms with Crippen molar-refractivity contribution in [2.75, 3.05) is 23.5 Å². The molecule has 1 aliphatic heterocycles. The third-order valence-electron chi connectivity index (χ3n) is 7.87. The third-order valence-corrected chi connectivity index (χ3v) is 9.58. The van der Waals surface area contributed by atoms with Crippen LogP contribution in [0.4, 0.5) is 36.4 Å². The van der Waals surface area contributed by atoms with Crippen molar-refractivity contribution in [1.82, 2.24) is 4.98 Å². The van der Waals surface area contributed by atoms with Gasteiger partial charge in [-0.2, -0.15) is 26.3 Å². The molecule has 2 aromatic carbocycles. The lowest BCUT2D eigenvalue weighted by Gasteiger charge is -2.32. The molecule has 0 radical (unpaired) electrons. The van der Waals surface area contributed by atoms with E-state index in [4.69, 9.17) is 0 Å². The Kier molecular flexibility index (Phi) is 8.46. The van der Waals surface area contributed by atoms with Crippen molar-refractivity contribution in [3.05, 3.63) is 82.4 Å². The summed E-state index contributed by atoms with van der Waals surface area (Å²) in [7, 11) is -1.83. The van der Waals surface area contributed by atoms with E-state index in [2.05, 4.69) is 4.98 Å². The first-order chi connectivity index (χ1) is 19.7. The molecule has 0 unspecified atom stereocenters. The van der Waals surface area contributed by atoms with Gasteiger partial charge in [-0.25, -0.2) is 12.8 Å². The van der Waals surface area contributed by atoms with Gasteiger partial charge in [0.05, 0.1) is 39.9 Å². The number of benzene rings is 2. The maximum absolute atomic E-state index is 14.0. The van der Waals surface area contributed by atoms with Gasteiger partial charge in [-0.1, -0.05) is 6.07 Å². The van der Waals surface area contributed by atoms with E-state index >= 15 is 0 Å². The van der Waals surface area contributed by atoms with Crippen LogP contribution in [0.15, 0.2) is 48.7 Å². The van der Waals surface area contributed by atoms with Crippen LogP contribution in [-0.4, -0.2) is 37.9 Å². The number of carbonyl (C=O) groups is 1. The Labute approximate surface area is 244 Å². The van der Waals surface area contributed by atoms with Crippen LogP contribution < -0.4 is 4.90 Å². The van der Waals surface area contributed by atoms with Gasteiger partial charge < -0.3 is 4.90 Å². The summed E-state index contributed by atoms with van der Waals surface area (Å²) < 4.78 is 119. The molecular formula is C30H29F7N2O3S. The van der Waals surface area contributed by atoms with Gasteiger partial charge in [0.15, 0.2) is 0 Å². The van der Waals surface area contributed by atoms with E-state index in [1.165, 1.54) is 45.3 Å². The SMILES string of the molecule is Cc1cc(F)ccc1-c1cc(C2CCS(=O)(=O)CC2)ncc1N(C)C(=O)C(C)(C)c1cc(C(F)(F)F)cc(C(F)(F)F)c1. The first-order valence-electron chi connectivity index (χ1n) is 13.3. The highest BCUT2D eigenvalue weighted by Crippen LogP contribution is 2.41. The molecule has 232 valence electrons. The van der Waals surface area contributed by atoms with Crippen LogP contribution in [-0.2, 0) is 32.4 Å². The summed E-state index contributed by atoms with van der Waals surface area (Å²) in [5.74, 6) is -1.57. The summed E-state index contributed by atoms with van der Waals surface area (Å²) in [6.07, 6.45) is -8.16. The average molecular weight is 631 g/mol. The Morgan fingerprint density at radius 1 is 0.860 bits per heavy atom. The molecule has 0 bridgehead atoms. The van der Waals surface area contributed by atoms with E-state index in [1.54, 1.807) is 13.0 Å². The summed E-state index contributed by atoms with van der Waals surface area (Å²) in [6.45, 7) is 4.10. The molecule has 0 aliphatic carbocycles. The molecule has 0 atom stereocenters. The number of rotatable bonds is 5. The number of halogens is 7. The lowest BCUT2D eigenvalue weighted by molar-refractivity contribution is -0.143. The van der Waals surface area contributed by atoms with E-state index in [9.17, 15) is 43.9 Å². The smallest absolute Gasteiger partial charge is 0.313 e. The minimum Gasteiger partial charge on any atom is -0.313 e. The summed E-state index contributed by atoms with van der Waals surface area (Å²) in [5, 5.41) is 0. The first kappa shape index (κ1) is 32.4. The number of pyridine rings is 1. The van der Waals surface area contributed by atoms with E-state index in [-0.39, 0.29) is 29.2 Å². The molecule has 1 fully saturated rings. The van der Waals surface area contributed by atoms with Crippen molar-refractivity contribution in [2.45, 2.75) is 57.3 Å². The standard InChI is InChI=1S/C30H29F7N2O3S/c1-17-11-22(31)5-6-23(17)24-15-25(18-7-9-43(41,42)10-8-18)38-16-26(24)39(4)27(40)28(2,3)19-12-20(29(32,33)34)14-21(13-19)30(35,36)37/h5-6,11-16,18H,7-10H2,1-4H3. The number of aromatic nitrogens is 1. The van der Waals surface area contributed by atoms with Crippen LogP contribution in [0, 0.1) is 12.7 Å². The van der Waals surface area contributed by atoms with Crippen molar-refractivity contribution >= 4 is 21.4 Å². The second-order valence-corrected chi connectivity index (χ2v) is 13.6. The predicted molar refractivity (Wildman–Crippen MR) is 148 cm³/mol. The third kappa shape index (κ3) is 6.86. The quantitative estimate of drug-likeness (QED) is 0.275. The topological polar surface area (TPSA) is 67.3 Å². The summed E-state index contributed by atoms with van der Waals surface area (Å²) in [4.78, 5) is 19.5. The van der Waals surface area contributed by atoms with E-state index in [0.717, 1.165) is 4.90 Å². The molecule has 5 nitrogen and oxygen atoms in total. The molecule has 2 heterocycles. The summed E-state index contributed by atoms with van der Waals surface area (Å²) in [6, 6.07) is 6.72. The molecule has 4 rings (SSSR count). The van der Waals surface area contributed by atoms with Gasteiger partial charge in [0.25, 0.3) is 0 Å². The molecular weight excluding hydrogens is 601 g/mol. The Bertz CT molecular complexity index is 1620. The Morgan fingerprint density at radius 3 is 1.91 bits per heavy atom. The number of likely N-dealkylation sites (N-methyl/N-ethyl adjacent to an activating group) is 1. The molecule has 43 heavy (non-hydrogen) atoms. The average Bonchev–Trinajstić information content (AvgIpc) is 2.90. The van der Waals surface area contributed by atoms with Crippen LogP contribution in [0.3, 0.4) is 0 Å². The highest BCUT2D eigenvalue weighted by atomic mass is 32.2. The van der Waals surface area contributed by atoms with E-state index in [1.807, 2.05) is 0 Å². The number of carbonyl (C=O) groups excluding carboxylic acids is 1. The Morgan fingerprint density at radius 2 is 1.40 bits per heavy atom. The minimum atomic E-state index is -5.09. The number of sulfone groups is 1. The maximum atomic E-state index is 14.0. The fraction of sp³-hybridized carbons (Fsp3) is 0.400. The second kappa shape index (κ2) is 11.2. The molecule has 1 aliphatic rings. The van der Waals surface area contributed by atoms with E-state index in [0.29, 0.717) is 47.4 Å². The zero-order valence-electron chi connectivity index (χ0n) is 23.7. The summed E-state index contributed by atoms with van der Waals surface area (Å²) in [5.41, 5.74) is -3.26. The monoisotopic (exact) mass is 630 g/mol. The number of aryl methyl sites for hydroxylation is 1. The first-order valence-corrected chi connectivity index (χ1v) is 15.1. The van der Waals surface area contributed by atoms with Gasteiger partial charge >= 0.3 is 12.4 Å². The molecule has 1 amide bonds. The van der Waals surface area contributed by atoms with Gasteiger partial charge in [-0.3, -0.25) is 9.78 Å². The molecule has 0 N–H and O–H groups in total. The number of nitrogens with zero attached hydrogens (tertiary/aromatic N) is 2. The largest absolute Gasteiger partial charge is 0.416 e. The molecule has 13 heteroatoms. The maximum Gasteiger partial charge on any atom is 0.416 e. The van der Waals surface area contributed by atoms with Gasteiger partial charge in [-0.15, -0.1) is 0 Å². The molecule has 0 saturated carbocycles. The van der Waals surface area contributed by atoms with Crippen molar-refractivity contribution < 1.29 is 43.9 Å². The number of hydrogen-bond acceptors (Lipinski definition) is 4. The van der Waals surface area contributed by atoms with Crippen LogP contribution >= 0.6 is 0 Å². The molecule has 1 saturated heterocycles. The van der Waals surface area contributed by atoms with Crippen LogP contribution in [0.1, 0.15) is 60.6 Å². The highest BCUT2D eigenvalue weighted by molar-refractivity contribution is 7.91. The fourth-order valence-electron chi connectivity index (χ4n) is 5.25. The zero-order valence-corrected chi connectivity index (χ0v) is 24.5. The number of anilines is 1. The zero-order chi connectivity index (χ0) is 32.1. The van der Waals surface area contributed by atoms with E-state index < -0.39 is 56.0 Å². The van der Waals surface area contributed by atoms with Gasteiger partial charge in [0, 0.05) is 24.2 Å². The fourth-order valence-corrected chi connectivity index (χ4v) is 6.74. The lowest BCUT2D eigenvalue weighted by Crippen LogP contribution is -2.42. The van der Waals surface area contributed by atoms with Crippen molar-refractivity contribution in [2.24, 2.45) is 0 Å². The van der Waals surface area contributed by atoms with Crippen LogP contribution in [0.5, 0.6) is 0 Å². The number of amides is 1. The predicted octanol–water partition coefficient (Wildman–Crippen LogP) is 7.47. The summed E-state index contributed by atoms with van der Waals surface area (Å²) >= 11 is 0. The van der Waals surface area contributed by atoms with Crippen LogP contribution in [0.2, 0.25) is 0 Å². The van der Waals surface area contributed by atoms with Gasteiger partial charge in [0.1, 0.15) is 15.7 Å². The van der Waals surface area contributed by atoms with Gasteiger partial charge in [-0.05, 0) is 86.7 Å². The second-order valence-electron chi connectivity index (χ2n) is 11.3. The Hall–Kier alpha value is -3.48. The number of alkyl halides is 6.